The highest BCUT2D eigenvalue weighted by molar-refractivity contribution is 8.69. The molecule has 0 saturated heterocycles. The highest BCUT2D eigenvalue weighted by atomic mass is 35.5. The molecule has 0 aliphatic carbocycles. The van der Waals surface area contributed by atoms with Crippen LogP contribution in [0.3, 0.4) is 0 Å². The van der Waals surface area contributed by atoms with E-state index in [2.05, 4.69) is 0 Å². The van der Waals surface area contributed by atoms with Gasteiger partial charge in [-0.25, -0.2) is 0 Å². The summed E-state index contributed by atoms with van der Waals surface area (Å²) in [5, 5.41) is 11.1. The van der Waals surface area contributed by atoms with E-state index >= 15 is 0 Å². The van der Waals surface area contributed by atoms with Gasteiger partial charge in [0, 0.05) is 15.5 Å². The van der Waals surface area contributed by atoms with Crippen molar-refractivity contribution in [2.45, 2.75) is 24.6 Å². The first kappa shape index (κ1) is 26.4. The first-order valence-corrected chi connectivity index (χ1v) is 14.8. The van der Waals surface area contributed by atoms with Gasteiger partial charge in [-0.3, -0.25) is 0 Å². The molecular weight excluding hydrogens is 498 g/mol. The monoisotopic (exact) mass is 518 g/mol. The number of alkyl halides is 1. The maximum absolute atomic E-state index is 9.03. The molecule has 0 atom stereocenters. The van der Waals surface area contributed by atoms with E-state index in [0.29, 0.717) is 29.1 Å². The van der Waals surface area contributed by atoms with Crippen molar-refractivity contribution >= 4 is 75.4 Å². The zero-order valence-corrected chi connectivity index (χ0v) is 21.1. The predicted octanol–water partition coefficient (Wildman–Crippen LogP) is 8.20. The second-order valence-corrected chi connectivity index (χ2v) is 13.8. The fourth-order valence-corrected chi connectivity index (χ4v) is 9.56. The fourth-order valence-electron chi connectivity index (χ4n) is 1.79. The lowest BCUT2D eigenvalue weighted by molar-refractivity contribution is 0.280. The minimum atomic E-state index is -2.23. The molecular formula is C18H22Cl3O3PS3. The van der Waals surface area contributed by atoms with Crippen molar-refractivity contribution in [3.05, 3.63) is 58.1 Å². The first-order chi connectivity index (χ1) is 13.3. The average Bonchev–Trinajstić information content (AvgIpc) is 2.66. The Kier molecular flexibility index (Phi) is 13.6. The SMILES string of the molecule is CCOP(=S)(OCC)SCSc1cc(Cl)ccc1Cl.Oc1ccccc1CCl. The lowest BCUT2D eigenvalue weighted by Crippen LogP contribution is -1.92. The van der Waals surface area contributed by atoms with E-state index < -0.39 is 5.69 Å². The number of phenols is 1. The van der Waals surface area contributed by atoms with Crippen LogP contribution in [0.4, 0.5) is 0 Å². The number of hydrogen-bond donors (Lipinski definition) is 1. The summed E-state index contributed by atoms with van der Waals surface area (Å²) >= 11 is 26.1. The summed E-state index contributed by atoms with van der Waals surface area (Å²) in [6.07, 6.45) is 0. The van der Waals surface area contributed by atoms with Crippen molar-refractivity contribution in [2.75, 3.05) is 18.3 Å². The molecule has 3 nitrogen and oxygen atoms in total. The molecule has 0 radical (unpaired) electrons. The normalized spacial score (nSPS) is 11.0. The van der Waals surface area contributed by atoms with Gasteiger partial charge in [0.25, 0.3) is 0 Å². The molecule has 0 aliphatic heterocycles. The Morgan fingerprint density at radius 2 is 1.71 bits per heavy atom. The fraction of sp³-hybridized carbons (Fsp3) is 0.333. The van der Waals surface area contributed by atoms with Crippen LogP contribution >= 0.6 is 63.6 Å². The van der Waals surface area contributed by atoms with Crippen molar-refractivity contribution in [3.8, 4) is 5.75 Å². The Balaban J connectivity index is 0.000000362. The standard InChI is InChI=1S/C11H15Cl2O2PS3.C7H7ClO/c1-3-14-16(17,15-4-2)19-8-18-11-7-9(12)5-6-10(11)13;8-5-6-3-1-2-4-7(6)9/h5-7H,3-4,8H2,1-2H3;1-4,9H,5H2. The summed E-state index contributed by atoms with van der Waals surface area (Å²) in [5.74, 6) is 0.639. The molecule has 0 aromatic heterocycles. The first-order valence-electron chi connectivity index (χ1n) is 8.29. The highest BCUT2D eigenvalue weighted by Crippen LogP contribution is 2.62. The van der Waals surface area contributed by atoms with E-state index in [9.17, 15) is 0 Å². The zero-order valence-electron chi connectivity index (χ0n) is 15.4. The van der Waals surface area contributed by atoms with Gasteiger partial charge in [-0.15, -0.1) is 23.4 Å². The molecule has 0 amide bonds. The Morgan fingerprint density at radius 3 is 2.25 bits per heavy atom. The summed E-state index contributed by atoms with van der Waals surface area (Å²) in [4.78, 5) is 0.941. The molecule has 10 heteroatoms. The van der Waals surface area contributed by atoms with Gasteiger partial charge in [-0.2, -0.15) is 0 Å². The van der Waals surface area contributed by atoms with Crippen molar-refractivity contribution < 1.29 is 14.2 Å². The molecule has 0 spiro atoms. The number of halogens is 3. The van der Waals surface area contributed by atoms with Crippen LogP contribution in [0.1, 0.15) is 19.4 Å². The zero-order chi connectivity index (χ0) is 21.0. The van der Waals surface area contributed by atoms with Crippen LogP contribution in [-0.2, 0) is 26.7 Å². The quantitative estimate of drug-likeness (QED) is 0.156. The Labute approximate surface area is 195 Å². The third kappa shape index (κ3) is 9.92. The molecule has 0 aliphatic rings. The molecule has 0 heterocycles. The van der Waals surface area contributed by atoms with Crippen molar-refractivity contribution in [3.63, 3.8) is 0 Å². The van der Waals surface area contributed by atoms with Gasteiger partial charge < -0.3 is 14.2 Å². The Morgan fingerprint density at radius 1 is 1.07 bits per heavy atom. The van der Waals surface area contributed by atoms with E-state index in [1.54, 1.807) is 42.1 Å². The third-order valence-electron chi connectivity index (χ3n) is 3.03. The smallest absolute Gasteiger partial charge is 0.248 e. The molecule has 0 saturated carbocycles. The number of thioether (sulfide) groups is 1. The second-order valence-electron chi connectivity index (χ2n) is 5.01. The average molecular weight is 520 g/mol. The molecule has 0 bridgehead atoms. The van der Waals surface area contributed by atoms with E-state index in [4.69, 9.17) is 60.8 Å². The summed E-state index contributed by atoms with van der Waals surface area (Å²) in [5.41, 5.74) is -1.45. The van der Waals surface area contributed by atoms with E-state index in [1.807, 2.05) is 26.0 Å². The van der Waals surface area contributed by atoms with Crippen LogP contribution in [-0.4, -0.2) is 23.4 Å². The number of benzene rings is 2. The van der Waals surface area contributed by atoms with E-state index in [-0.39, 0.29) is 5.75 Å². The maximum atomic E-state index is 9.03. The minimum Gasteiger partial charge on any atom is -0.508 e. The number of rotatable bonds is 9. The number of phenolic OH excluding ortho intramolecular Hbond substituents is 1. The molecule has 1 N–H and O–H groups in total. The summed E-state index contributed by atoms with van der Waals surface area (Å²) in [6.45, 7) is 4.96. The van der Waals surface area contributed by atoms with Gasteiger partial charge in [0.15, 0.2) is 0 Å². The molecule has 2 aromatic rings. The largest absolute Gasteiger partial charge is 0.508 e. The van der Waals surface area contributed by atoms with Gasteiger partial charge in [0.1, 0.15) is 5.75 Å². The topological polar surface area (TPSA) is 38.7 Å². The molecule has 2 rings (SSSR count). The van der Waals surface area contributed by atoms with Crippen LogP contribution in [0.25, 0.3) is 0 Å². The van der Waals surface area contributed by atoms with Crippen molar-refractivity contribution in [1.82, 2.24) is 0 Å². The molecule has 156 valence electrons. The van der Waals surface area contributed by atoms with Gasteiger partial charge in [-0.05, 0) is 49.9 Å². The number of para-hydroxylation sites is 1. The lowest BCUT2D eigenvalue weighted by atomic mass is 10.2. The van der Waals surface area contributed by atoms with Crippen LogP contribution in [0.5, 0.6) is 5.75 Å². The van der Waals surface area contributed by atoms with Crippen LogP contribution in [0.15, 0.2) is 47.4 Å². The molecule has 28 heavy (non-hydrogen) atoms. The summed E-state index contributed by atoms with van der Waals surface area (Å²) < 4.78 is 11.1. The second kappa shape index (κ2) is 14.4. The summed E-state index contributed by atoms with van der Waals surface area (Å²) in [7, 11) is 0. The lowest BCUT2D eigenvalue weighted by Gasteiger charge is -2.19. The Hall–Kier alpha value is 0.380. The maximum Gasteiger partial charge on any atom is 0.248 e. The highest BCUT2D eigenvalue weighted by Gasteiger charge is 2.19. The van der Waals surface area contributed by atoms with Gasteiger partial charge in [0.05, 0.1) is 29.2 Å². The number of hydrogen-bond acceptors (Lipinski definition) is 6. The van der Waals surface area contributed by atoms with Gasteiger partial charge in [0.2, 0.25) is 5.69 Å². The molecule has 0 fully saturated rings. The predicted molar refractivity (Wildman–Crippen MR) is 130 cm³/mol. The van der Waals surface area contributed by atoms with E-state index in [0.717, 1.165) is 15.5 Å². The molecule has 0 unspecified atom stereocenters. The third-order valence-corrected chi connectivity index (χ3v) is 11.1. The minimum absolute atomic E-state index is 0.271. The summed E-state index contributed by atoms with van der Waals surface area (Å²) in [6, 6.07) is 12.4. The van der Waals surface area contributed by atoms with Crippen LogP contribution in [0, 0.1) is 0 Å². The van der Waals surface area contributed by atoms with Crippen LogP contribution in [0.2, 0.25) is 10.0 Å². The van der Waals surface area contributed by atoms with Gasteiger partial charge in [-0.1, -0.05) is 52.8 Å². The van der Waals surface area contributed by atoms with Crippen molar-refractivity contribution in [1.29, 1.82) is 0 Å². The van der Waals surface area contributed by atoms with Gasteiger partial charge >= 0.3 is 0 Å². The van der Waals surface area contributed by atoms with Crippen LogP contribution < -0.4 is 0 Å². The van der Waals surface area contributed by atoms with Crippen molar-refractivity contribution in [2.24, 2.45) is 0 Å². The Bertz CT molecular complexity index is 771. The number of aromatic hydroxyl groups is 1. The van der Waals surface area contributed by atoms with E-state index in [1.165, 1.54) is 11.4 Å². The molecule has 2 aromatic carbocycles.